The zero-order valence-electron chi connectivity index (χ0n) is 9.83. The number of ether oxygens (including phenoxy) is 1. The molecular weight excluding hydrogens is 190 g/mol. The zero-order valence-corrected chi connectivity index (χ0v) is 9.83. The summed E-state index contributed by atoms with van der Waals surface area (Å²) in [6.45, 7) is 10.9. The second-order valence-electron chi connectivity index (χ2n) is 3.98. The molecule has 0 heterocycles. The molecule has 3 nitrogen and oxygen atoms in total. The van der Waals surface area contributed by atoms with E-state index < -0.39 is 11.7 Å². The maximum atomic E-state index is 11.4. The molecular formula is C12H19NO2. The predicted octanol–water partition coefficient (Wildman–Crippen LogP) is 3.16. The summed E-state index contributed by atoms with van der Waals surface area (Å²) in [5.74, 6) is 0. The number of hydrogen-bond donors (Lipinski definition) is 1. The molecule has 0 rings (SSSR count). The lowest BCUT2D eigenvalue weighted by atomic mass is 10.2. The van der Waals surface area contributed by atoms with Crippen LogP contribution < -0.4 is 5.32 Å². The van der Waals surface area contributed by atoms with E-state index >= 15 is 0 Å². The van der Waals surface area contributed by atoms with Crippen LogP contribution >= 0.6 is 0 Å². The van der Waals surface area contributed by atoms with E-state index in [4.69, 9.17) is 4.74 Å². The van der Waals surface area contributed by atoms with Gasteiger partial charge in [-0.05, 0) is 39.8 Å². The summed E-state index contributed by atoms with van der Waals surface area (Å²) in [4.78, 5) is 11.4. The minimum atomic E-state index is -0.487. The molecule has 0 bridgehead atoms. The number of alkyl carbamates (subject to hydrolysis) is 1. The molecule has 0 aromatic heterocycles. The number of rotatable bonds is 3. The van der Waals surface area contributed by atoms with E-state index in [1.54, 1.807) is 18.2 Å². The highest BCUT2D eigenvalue weighted by Crippen LogP contribution is 2.07. The van der Waals surface area contributed by atoms with Crippen molar-refractivity contribution in [2.45, 2.75) is 33.3 Å². The smallest absolute Gasteiger partial charge is 0.412 e. The Kier molecular flexibility index (Phi) is 5.45. The largest absolute Gasteiger partial charge is 0.444 e. The first kappa shape index (κ1) is 13.5. The van der Waals surface area contributed by atoms with Gasteiger partial charge >= 0.3 is 6.09 Å². The van der Waals surface area contributed by atoms with Gasteiger partial charge in [0.25, 0.3) is 0 Å². The predicted molar refractivity (Wildman–Crippen MR) is 62.5 cm³/mol. The van der Waals surface area contributed by atoms with Gasteiger partial charge in [0.15, 0.2) is 0 Å². The Balaban J connectivity index is 4.37. The van der Waals surface area contributed by atoms with Crippen LogP contribution in [0.25, 0.3) is 0 Å². The van der Waals surface area contributed by atoms with Crippen LogP contribution in [0.2, 0.25) is 0 Å². The topological polar surface area (TPSA) is 38.3 Å². The normalized spacial score (nSPS) is 12.7. The molecule has 0 saturated carbocycles. The van der Waals surface area contributed by atoms with E-state index in [2.05, 4.69) is 11.9 Å². The van der Waals surface area contributed by atoms with Gasteiger partial charge in [0, 0.05) is 5.70 Å². The molecule has 0 aliphatic rings. The van der Waals surface area contributed by atoms with E-state index in [1.165, 1.54) is 0 Å². The fourth-order valence-electron chi connectivity index (χ4n) is 0.867. The fourth-order valence-corrected chi connectivity index (χ4v) is 0.867. The molecule has 0 saturated heterocycles. The summed E-state index contributed by atoms with van der Waals surface area (Å²) >= 11 is 0. The maximum Gasteiger partial charge on any atom is 0.412 e. The number of hydrogen-bond acceptors (Lipinski definition) is 2. The molecule has 1 amide bonds. The van der Waals surface area contributed by atoms with Gasteiger partial charge in [-0.3, -0.25) is 5.32 Å². The van der Waals surface area contributed by atoms with Crippen LogP contribution in [-0.4, -0.2) is 11.7 Å². The molecule has 0 unspecified atom stereocenters. The second kappa shape index (κ2) is 6.06. The Morgan fingerprint density at radius 3 is 2.40 bits per heavy atom. The molecule has 1 N–H and O–H groups in total. The van der Waals surface area contributed by atoms with Gasteiger partial charge in [0.1, 0.15) is 5.60 Å². The van der Waals surface area contributed by atoms with E-state index in [1.807, 2.05) is 33.8 Å². The maximum absolute atomic E-state index is 11.4. The van der Waals surface area contributed by atoms with Gasteiger partial charge in [-0.1, -0.05) is 18.7 Å². The molecule has 0 spiro atoms. The number of amides is 1. The third kappa shape index (κ3) is 7.55. The van der Waals surface area contributed by atoms with Crippen LogP contribution in [-0.2, 0) is 4.74 Å². The van der Waals surface area contributed by atoms with Gasteiger partial charge in [0.05, 0.1) is 0 Å². The van der Waals surface area contributed by atoms with E-state index in [0.717, 1.165) is 0 Å². The molecule has 0 aromatic carbocycles. The molecule has 0 aromatic rings. The number of carbonyl (C=O) groups is 1. The third-order valence-corrected chi connectivity index (χ3v) is 1.29. The van der Waals surface area contributed by atoms with Crippen LogP contribution in [0.4, 0.5) is 4.79 Å². The lowest BCUT2D eigenvalue weighted by Gasteiger charge is -2.19. The number of allylic oxidation sites excluding steroid dienone is 4. The first-order valence-corrected chi connectivity index (χ1v) is 4.84. The SMILES string of the molecule is C=C/C=C(\C=C/C)NC(=O)OC(C)(C)C. The van der Waals surface area contributed by atoms with Crippen molar-refractivity contribution in [3.63, 3.8) is 0 Å². The Morgan fingerprint density at radius 1 is 1.40 bits per heavy atom. The van der Waals surface area contributed by atoms with Gasteiger partial charge < -0.3 is 4.74 Å². The molecule has 0 fully saturated rings. The minimum Gasteiger partial charge on any atom is -0.444 e. The van der Waals surface area contributed by atoms with Gasteiger partial charge in [-0.15, -0.1) is 0 Å². The van der Waals surface area contributed by atoms with Crippen LogP contribution in [0, 0.1) is 0 Å². The molecule has 84 valence electrons. The quantitative estimate of drug-likeness (QED) is 0.725. The molecule has 0 radical (unpaired) electrons. The first-order chi connectivity index (χ1) is 6.89. The number of carbonyl (C=O) groups excluding carboxylic acids is 1. The minimum absolute atomic E-state index is 0.464. The van der Waals surface area contributed by atoms with Crippen LogP contribution in [0.1, 0.15) is 27.7 Å². The molecule has 0 aliphatic heterocycles. The Hall–Kier alpha value is -1.51. The highest BCUT2D eigenvalue weighted by molar-refractivity contribution is 5.70. The average molecular weight is 209 g/mol. The molecule has 15 heavy (non-hydrogen) atoms. The van der Waals surface area contributed by atoms with Crippen molar-refractivity contribution in [2.75, 3.05) is 0 Å². The number of nitrogens with one attached hydrogen (secondary N) is 1. The van der Waals surface area contributed by atoms with Crippen molar-refractivity contribution in [3.05, 3.63) is 36.6 Å². The fraction of sp³-hybridized carbons (Fsp3) is 0.417. The highest BCUT2D eigenvalue weighted by Gasteiger charge is 2.15. The van der Waals surface area contributed by atoms with Gasteiger partial charge in [-0.2, -0.15) is 0 Å². The summed E-state index contributed by atoms with van der Waals surface area (Å²) in [6, 6.07) is 0. The van der Waals surface area contributed by atoms with Crippen molar-refractivity contribution in [2.24, 2.45) is 0 Å². The summed E-state index contributed by atoms with van der Waals surface area (Å²) in [7, 11) is 0. The van der Waals surface area contributed by atoms with Crippen molar-refractivity contribution in [1.82, 2.24) is 5.32 Å². The Bertz CT molecular complexity index is 282. The van der Waals surface area contributed by atoms with Crippen molar-refractivity contribution >= 4 is 6.09 Å². The summed E-state index contributed by atoms with van der Waals surface area (Å²) in [5.41, 5.74) is 0.168. The standard InChI is InChI=1S/C12H19NO2/c1-6-8-10(9-7-2)13-11(14)15-12(3,4)5/h6-9H,1H2,2-5H3,(H,13,14)/b9-7-,10-8+. The van der Waals surface area contributed by atoms with Crippen molar-refractivity contribution in [1.29, 1.82) is 0 Å². The molecule has 3 heteroatoms. The Morgan fingerprint density at radius 2 is 2.00 bits per heavy atom. The van der Waals surface area contributed by atoms with Crippen LogP contribution in [0.15, 0.2) is 36.6 Å². The summed E-state index contributed by atoms with van der Waals surface area (Å²) in [6.07, 6.45) is 6.43. The summed E-state index contributed by atoms with van der Waals surface area (Å²) in [5, 5.41) is 2.62. The van der Waals surface area contributed by atoms with E-state index in [9.17, 15) is 4.79 Å². The van der Waals surface area contributed by atoms with E-state index in [0.29, 0.717) is 5.70 Å². The van der Waals surface area contributed by atoms with E-state index in [-0.39, 0.29) is 0 Å². The van der Waals surface area contributed by atoms with Gasteiger partial charge in [-0.25, -0.2) is 4.79 Å². The highest BCUT2D eigenvalue weighted by atomic mass is 16.6. The van der Waals surface area contributed by atoms with Crippen LogP contribution in [0.3, 0.4) is 0 Å². The van der Waals surface area contributed by atoms with Crippen LogP contribution in [0.5, 0.6) is 0 Å². The van der Waals surface area contributed by atoms with Gasteiger partial charge in [0.2, 0.25) is 0 Å². The zero-order chi connectivity index (χ0) is 11.9. The average Bonchev–Trinajstić information content (AvgIpc) is 2.00. The Labute approximate surface area is 91.5 Å². The van der Waals surface area contributed by atoms with Crippen molar-refractivity contribution < 1.29 is 9.53 Å². The van der Waals surface area contributed by atoms with Crippen molar-refractivity contribution in [3.8, 4) is 0 Å². The monoisotopic (exact) mass is 209 g/mol. The lowest BCUT2D eigenvalue weighted by molar-refractivity contribution is 0.0548. The third-order valence-electron chi connectivity index (χ3n) is 1.29. The first-order valence-electron chi connectivity index (χ1n) is 4.84. The summed E-state index contributed by atoms with van der Waals surface area (Å²) < 4.78 is 5.10. The molecule has 0 aliphatic carbocycles. The lowest BCUT2D eigenvalue weighted by Crippen LogP contribution is -2.31. The second-order valence-corrected chi connectivity index (χ2v) is 3.98. The molecule has 0 atom stereocenters.